The number of hydrogen-bond acceptors (Lipinski definition) is 2. The van der Waals surface area contributed by atoms with Crippen LogP contribution in [0.25, 0.3) is 0 Å². The van der Waals surface area contributed by atoms with Crippen molar-refractivity contribution in [2.24, 2.45) is 0 Å². The van der Waals surface area contributed by atoms with Crippen LogP contribution in [0.15, 0.2) is 36.0 Å². The van der Waals surface area contributed by atoms with Gasteiger partial charge in [-0.1, -0.05) is 6.07 Å². The number of nitrogens with one attached hydrogen (secondary N) is 1. The monoisotopic (exact) mass is 276 g/mol. The van der Waals surface area contributed by atoms with Gasteiger partial charge in [-0.15, -0.1) is 11.3 Å². The zero-order valence-electron chi connectivity index (χ0n) is 11.6. The Kier molecular flexibility index (Phi) is 4.10. The van der Waals surface area contributed by atoms with Crippen LogP contribution in [0, 0.1) is 0 Å². The topological polar surface area (TPSA) is 34.0 Å². The summed E-state index contributed by atoms with van der Waals surface area (Å²) in [5, 5.41) is 5.01. The normalized spacial score (nSPS) is 11.5. The average molecular weight is 276 g/mol. The minimum absolute atomic E-state index is 0.000411. The van der Waals surface area contributed by atoms with Gasteiger partial charge in [0, 0.05) is 29.4 Å². The van der Waals surface area contributed by atoms with Gasteiger partial charge >= 0.3 is 0 Å². The van der Waals surface area contributed by atoms with Gasteiger partial charge in [0.2, 0.25) is 0 Å². The van der Waals surface area contributed by atoms with Crippen molar-refractivity contribution in [3.8, 4) is 0 Å². The molecule has 1 amide bonds. The van der Waals surface area contributed by atoms with Gasteiger partial charge in [-0.05, 0) is 44.7 Å². The van der Waals surface area contributed by atoms with Gasteiger partial charge in [-0.2, -0.15) is 0 Å². The first-order chi connectivity index (χ1) is 8.97. The second kappa shape index (κ2) is 5.61. The summed E-state index contributed by atoms with van der Waals surface area (Å²) in [6.07, 6.45) is 4.75. The molecular formula is C15H20N2OS. The number of hydrogen-bond donors (Lipinski definition) is 1. The molecule has 0 aliphatic rings. The smallest absolute Gasteiger partial charge is 0.252 e. The zero-order valence-corrected chi connectivity index (χ0v) is 12.5. The third-order valence-electron chi connectivity index (χ3n) is 2.97. The van der Waals surface area contributed by atoms with Crippen molar-refractivity contribution in [1.29, 1.82) is 0 Å². The second-order valence-corrected chi connectivity index (χ2v) is 6.60. The van der Waals surface area contributed by atoms with Crippen LogP contribution in [0.2, 0.25) is 0 Å². The van der Waals surface area contributed by atoms with Crippen LogP contribution >= 0.6 is 11.3 Å². The maximum Gasteiger partial charge on any atom is 0.252 e. The fraction of sp³-hybridized carbons (Fsp3) is 0.400. The molecule has 102 valence electrons. The number of carbonyl (C=O) groups excluding carboxylic acids is 1. The van der Waals surface area contributed by atoms with E-state index >= 15 is 0 Å². The molecule has 0 spiro atoms. The standard InChI is InChI=1S/C15H20N2OS/c1-15(2,3)17-9-7-12(11-17)14(18)16-8-6-13-5-4-10-19-13/h4-5,7,9-11H,6,8H2,1-3H3,(H,16,18). The van der Waals surface area contributed by atoms with Gasteiger partial charge in [0.25, 0.3) is 5.91 Å². The van der Waals surface area contributed by atoms with Crippen LogP contribution < -0.4 is 5.32 Å². The molecule has 1 N–H and O–H groups in total. The number of nitrogens with zero attached hydrogens (tertiary/aromatic N) is 1. The highest BCUT2D eigenvalue weighted by atomic mass is 32.1. The third-order valence-corrected chi connectivity index (χ3v) is 3.90. The molecule has 3 nitrogen and oxygen atoms in total. The largest absolute Gasteiger partial charge is 0.352 e. The Hall–Kier alpha value is -1.55. The van der Waals surface area contributed by atoms with Gasteiger partial charge < -0.3 is 9.88 Å². The fourth-order valence-electron chi connectivity index (χ4n) is 1.80. The first kappa shape index (κ1) is 13.9. The number of carbonyl (C=O) groups is 1. The van der Waals surface area contributed by atoms with Crippen LogP contribution in [0.5, 0.6) is 0 Å². The molecule has 19 heavy (non-hydrogen) atoms. The lowest BCUT2D eigenvalue weighted by Crippen LogP contribution is -2.25. The van der Waals surface area contributed by atoms with Gasteiger partial charge in [0.15, 0.2) is 0 Å². The molecule has 0 aliphatic heterocycles. The first-order valence-electron chi connectivity index (χ1n) is 6.46. The predicted molar refractivity (Wildman–Crippen MR) is 79.8 cm³/mol. The predicted octanol–water partition coefficient (Wildman–Crippen LogP) is 3.28. The Balaban J connectivity index is 1.88. The molecule has 0 saturated carbocycles. The number of aromatic nitrogens is 1. The highest BCUT2D eigenvalue weighted by molar-refractivity contribution is 7.09. The highest BCUT2D eigenvalue weighted by Crippen LogP contribution is 2.15. The Labute approximate surface area is 118 Å². The van der Waals surface area contributed by atoms with Gasteiger partial charge in [-0.3, -0.25) is 4.79 Å². The van der Waals surface area contributed by atoms with Crippen molar-refractivity contribution in [1.82, 2.24) is 9.88 Å². The molecule has 2 heterocycles. The summed E-state index contributed by atoms with van der Waals surface area (Å²) in [6, 6.07) is 5.99. The lowest BCUT2D eigenvalue weighted by atomic mass is 10.1. The molecule has 0 aromatic carbocycles. The first-order valence-corrected chi connectivity index (χ1v) is 7.34. The quantitative estimate of drug-likeness (QED) is 0.913. The number of amides is 1. The van der Waals surface area contributed by atoms with Crippen molar-refractivity contribution in [2.75, 3.05) is 6.54 Å². The van der Waals surface area contributed by atoms with E-state index in [4.69, 9.17) is 0 Å². The van der Waals surface area contributed by atoms with Crippen LogP contribution in [0.4, 0.5) is 0 Å². The van der Waals surface area contributed by atoms with E-state index in [-0.39, 0.29) is 11.4 Å². The minimum Gasteiger partial charge on any atom is -0.352 e. The number of thiophene rings is 1. The molecule has 2 aromatic rings. The maximum atomic E-state index is 12.0. The van der Waals surface area contributed by atoms with Crippen molar-refractivity contribution in [2.45, 2.75) is 32.7 Å². The summed E-state index contributed by atoms with van der Waals surface area (Å²) in [7, 11) is 0. The molecule has 0 saturated heterocycles. The van der Waals surface area contributed by atoms with Crippen LogP contribution in [-0.2, 0) is 12.0 Å². The molecule has 0 atom stereocenters. The molecule has 0 radical (unpaired) electrons. The second-order valence-electron chi connectivity index (χ2n) is 5.56. The van der Waals surface area contributed by atoms with E-state index in [1.165, 1.54) is 4.88 Å². The van der Waals surface area contributed by atoms with E-state index in [1.807, 2.05) is 24.5 Å². The van der Waals surface area contributed by atoms with E-state index in [0.29, 0.717) is 6.54 Å². The van der Waals surface area contributed by atoms with Crippen molar-refractivity contribution < 1.29 is 4.79 Å². The third kappa shape index (κ3) is 3.70. The molecule has 2 rings (SSSR count). The molecule has 0 unspecified atom stereocenters. The SMILES string of the molecule is CC(C)(C)n1ccc(C(=O)NCCc2cccs2)c1. The average Bonchev–Trinajstić information content (AvgIpc) is 2.99. The van der Waals surface area contributed by atoms with Gasteiger partial charge in [0.1, 0.15) is 0 Å². The minimum atomic E-state index is -0.000411. The summed E-state index contributed by atoms with van der Waals surface area (Å²) in [4.78, 5) is 13.3. The van der Waals surface area contributed by atoms with E-state index in [1.54, 1.807) is 11.3 Å². The molecule has 0 fully saturated rings. The van der Waals surface area contributed by atoms with Gasteiger partial charge in [-0.25, -0.2) is 0 Å². The summed E-state index contributed by atoms with van der Waals surface area (Å²) in [5.74, 6) is -0.000411. The van der Waals surface area contributed by atoms with E-state index in [9.17, 15) is 4.79 Å². The van der Waals surface area contributed by atoms with E-state index in [0.717, 1.165) is 12.0 Å². The van der Waals surface area contributed by atoms with Gasteiger partial charge in [0.05, 0.1) is 5.56 Å². The Morgan fingerprint density at radius 1 is 1.37 bits per heavy atom. The molecule has 2 aromatic heterocycles. The maximum absolute atomic E-state index is 12.0. The molecule has 0 bridgehead atoms. The summed E-state index contributed by atoms with van der Waals surface area (Å²) in [5.41, 5.74) is 0.733. The highest BCUT2D eigenvalue weighted by Gasteiger charge is 2.14. The summed E-state index contributed by atoms with van der Waals surface area (Å²) in [6.45, 7) is 7.03. The molecule has 4 heteroatoms. The lowest BCUT2D eigenvalue weighted by molar-refractivity contribution is 0.0954. The van der Waals surface area contributed by atoms with E-state index < -0.39 is 0 Å². The Morgan fingerprint density at radius 2 is 2.16 bits per heavy atom. The Bertz CT molecular complexity index is 535. The summed E-state index contributed by atoms with van der Waals surface area (Å²) >= 11 is 1.72. The van der Waals surface area contributed by atoms with Crippen LogP contribution in [-0.4, -0.2) is 17.0 Å². The van der Waals surface area contributed by atoms with Crippen molar-refractivity contribution >= 4 is 17.2 Å². The van der Waals surface area contributed by atoms with Crippen LogP contribution in [0.1, 0.15) is 36.0 Å². The summed E-state index contributed by atoms with van der Waals surface area (Å²) < 4.78 is 2.06. The molecule has 0 aliphatic carbocycles. The van der Waals surface area contributed by atoms with E-state index in [2.05, 4.69) is 42.1 Å². The zero-order chi connectivity index (χ0) is 13.9. The lowest BCUT2D eigenvalue weighted by Gasteiger charge is -2.20. The van der Waals surface area contributed by atoms with Crippen molar-refractivity contribution in [3.05, 3.63) is 46.4 Å². The van der Waals surface area contributed by atoms with Crippen molar-refractivity contribution in [3.63, 3.8) is 0 Å². The molecular weight excluding hydrogens is 256 g/mol. The van der Waals surface area contributed by atoms with Crippen LogP contribution in [0.3, 0.4) is 0 Å². The fourth-order valence-corrected chi connectivity index (χ4v) is 2.51. The number of rotatable bonds is 4. The Morgan fingerprint density at radius 3 is 2.74 bits per heavy atom.